The topological polar surface area (TPSA) is 84.2 Å². The largest absolute Gasteiger partial charge is 0.395 e. The lowest BCUT2D eigenvalue weighted by Gasteiger charge is -2.18. The van der Waals surface area contributed by atoms with E-state index in [0.717, 1.165) is 0 Å². The average molecular weight is 261 g/mol. The van der Waals surface area contributed by atoms with Crippen LogP contribution in [0.5, 0.6) is 0 Å². The van der Waals surface area contributed by atoms with Crippen molar-refractivity contribution in [2.45, 2.75) is 31.3 Å². The molecule has 0 aliphatic heterocycles. The fourth-order valence-electron chi connectivity index (χ4n) is 1.63. The predicted molar refractivity (Wildman–Crippen MR) is 63.9 cm³/mol. The van der Waals surface area contributed by atoms with Gasteiger partial charge in [0.25, 0.3) is 10.0 Å². The smallest absolute Gasteiger partial charge is 0.258 e. The molecule has 1 atom stereocenters. The number of hydrogen-bond donors (Lipinski definition) is 2. The first-order valence-corrected chi connectivity index (χ1v) is 6.96. The summed E-state index contributed by atoms with van der Waals surface area (Å²) in [6, 6.07) is 0.960. The lowest BCUT2D eigenvalue weighted by Crippen LogP contribution is -2.39. The second-order valence-electron chi connectivity index (χ2n) is 4.42. The Morgan fingerprint density at radius 3 is 2.59 bits per heavy atom. The summed E-state index contributed by atoms with van der Waals surface area (Å²) in [4.78, 5) is 0. The first-order chi connectivity index (χ1) is 7.86. The van der Waals surface area contributed by atoms with Crippen molar-refractivity contribution in [3.8, 4) is 0 Å². The molecule has 0 radical (unpaired) electrons. The highest BCUT2D eigenvalue weighted by Crippen LogP contribution is 2.10. The minimum Gasteiger partial charge on any atom is -0.395 e. The highest BCUT2D eigenvalue weighted by molar-refractivity contribution is 7.89. The minimum atomic E-state index is -3.61. The van der Waals surface area contributed by atoms with E-state index in [1.165, 1.54) is 16.9 Å². The molecule has 0 bridgehead atoms. The van der Waals surface area contributed by atoms with E-state index >= 15 is 0 Å². The van der Waals surface area contributed by atoms with Crippen LogP contribution >= 0.6 is 0 Å². The zero-order valence-corrected chi connectivity index (χ0v) is 11.1. The third kappa shape index (κ3) is 3.79. The van der Waals surface area contributed by atoms with Crippen LogP contribution in [0.1, 0.15) is 20.3 Å². The molecule has 6 nitrogen and oxygen atoms in total. The van der Waals surface area contributed by atoms with Crippen molar-refractivity contribution in [1.82, 2.24) is 14.5 Å². The molecule has 0 fully saturated rings. The maximum atomic E-state index is 12.0. The van der Waals surface area contributed by atoms with Crippen molar-refractivity contribution in [2.24, 2.45) is 13.0 Å². The molecule has 0 aliphatic carbocycles. The van der Waals surface area contributed by atoms with E-state index in [9.17, 15) is 8.42 Å². The Bertz CT molecular complexity index is 453. The van der Waals surface area contributed by atoms with Crippen LogP contribution < -0.4 is 4.72 Å². The van der Waals surface area contributed by atoms with Gasteiger partial charge in [-0.1, -0.05) is 13.8 Å². The van der Waals surface area contributed by atoms with Gasteiger partial charge in [-0.25, -0.2) is 13.1 Å². The maximum absolute atomic E-state index is 12.0. The molecule has 7 heteroatoms. The Labute approximate surface area is 102 Å². The third-order valence-electron chi connectivity index (χ3n) is 2.35. The van der Waals surface area contributed by atoms with Gasteiger partial charge < -0.3 is 5.11 Å². The number of nitrogens with zero attached hydrogens (tertiary/aromatic N) is 2. The van der Waals surface area contributed by atoms with Gasteiger partial charge in [0.1, 0.15) is 0 Å². The number of sulfonamides is 1. The number of aryl methyl sites for hydroxylation is 1. The molecule has 2 N–H and O–H groups in total. The van der Waals surface area contributed by atoms with Gasteiger partial charge in [-0.2, -0.15) is 5.10 Å². The van der Waals surface area contributed by atoms with Gasteiger partial charge in [-0.05, 0) is 18.4 Å². The van der Waals surface area contributed by atoms with Gasteiger partial charge in [0.2, 0.25) is 0 Å². The Morgan fingerprint density at radius 1 is 1.53 bits per heavy atom. The first kappa shape index (κ1) is 14.1. The van der Waals surface area contributed by atoms with Crippen LogP contribution in [0.4, 0.5) is 0 Å². The van der Waals surface area contributed by atoms with Gasteiger partial charge in [0.05, 0.1) is 12.8 Å². The molecule has 0 aliphatic rings. The Kier molecular flexibility index (Phi) is 4.67. The zero-order chi connectivity index (χ0) is 13.1. The van der Waals surface area contributed by atoms with Crippen molar-refractivity contribution < 1.29 is 13.5 Å². The second kappa shape index (κ2) is 5.61. The van der Waals surface area contributed by atoms with E-state index in [0.29, 0.717) is 12.3 Å². The summed E-state index contributed by atoms with van der Waals surface area (Å²) in [6.45, 7) is 3.73. The molecule has 1 unspecified atom stereocenters. The van der Waals surface area contributed by atoms with Crippen LogP contribution in [-0.4, -0.2) is 36.0 Å². The second-order valence-corrected chi connectivity index (χ2v) is 6.08. The van der Waals surface area contributed by atoms with Crippen LogP contribution in [0.2, 0.25) is 0 Å². The van der Waals surface area contributed by atoms with Crippen LogP contribution in [0.15, 0.2) is 17.3 Å². The van der Waals surface area contributed by atoms with Gasteiger partial charge in [-0.15, -0.1) is 0 Å². The van der Waals surface area contributed by atoms with Crippen molar-refractivity contribution in [1.29, 1.82) is 0 Å². The van der Waals surface area contributed by atoms with E-state index < -0.39 is 16.1 Å². The summed E-state index contributed by atoms with van der Waals surface area (Å²) in [5, 5.41) is 13.1. The van der Waals surface area contributed by atoms with Crippen molar-refractivity contribution >= 4 is 10.0 Å². The molecule has 1 aromatic heterocycles. The number of aromatic nitrogens is 2. The third-order valence-corrected chi connectivity index (χ3v) is 3.94. The first-order valence-electron chi connectivity index (χ1n) is 5.48. The fraction of sp³-hybridized carbons (Fsp3) is 0.700. The van der Waals surface area contributed by atoms with Crippen molar-refractivity contribution in [3.05, 3.63) is 12.3 Å². The molecular formula is C10H19N3O3S. The number of rotatable bonds is 6. The SMILES string of the molecule is CC(C)CC(CO)NS(=O)(=O)c1ccnn1C. The zero-order valence-electron chi connectivity index (χ0n) is 10.3. The molecule has 17 heavy (non-hydrogen) atoms. The highest BCUT2D eigenvalue weighted by atomic mass is 32.2. The normalized spacial score (nSPS) is 14.2. The number of aliphatic hydroxyl groups is 1. The lowest BCUT2D eigenvalue weighted by molar-refractivity contribution is 0.239. The summed E-state index contributed by atoms with van der Waals surface area (Å²) in [7, 11) is -2.05. The summed E-state index contributed by atoms with van der Waals surface area (Å²) >= 11 is 0. The highest BCUT2D eigenvalue weighted by Gasteiger charge is 2.22. The van der Waals surface area contributed by atoms with E-state index in [1.807, 2.05) is 13.8 Å². The molecule has 0 saturated carbocycles. The summed E-state index contributed by atoms with van der Waals surface area (Å²) < 4.78 is 27.7. The molecule has 1 heterocycles. The molecule has 98 valence electrons. The van der Waals surface area contributed by atoms with Gasteiger partial charge >= 0.3 is 0 Å². The van der Waals surface area contributed by atoms with Crippen molar-refractivity contribution in [2.75, 3.05) is 6.61 Å². The molecular weight excluding hydrogens is 242 g/mol. The summed E-state index contributed by atoms with van der Waals surface area (Å²) in [5.41, 5.74) is 0. The Hall–Kier alpha value is -0.920. The number of hydrogen-bond acceptors (Lipinski definition) is 4. The van der Waals surface area contributed by atoms with Crippen LogP contribution in [0.25, 0.3) is 0 Å². The van der Waals surface area contributed by atoms with Crippen LogP contribution in [-0.2, 0) is 17.1 Å². The number of nitrogens with one attached hydrogen (secondary N) is 1. The molecule has 0 saturated heterocycles. The summed E-state index contributed by atoms with van der Waals surface area (Å²) in [5.74, 6) is 0.307. The van der Waals surface area contributed by atoms with Crippen LogP contribution in [0, 0.1) is 5.92 Å². The van der Waals surface area contributed by atoms with Gasteiger partial charge in [0, 0.05) is 13.1 Å². The maximum Gasteiger partial charge on any atom is 0.258 e. The minimum absolute atomic E-state index is 0.0970. The van der Waals surface area contributed by atoms with E-state index in [2.05, 4.69) is 9.82 Å². The lowest BCUT2D eigenvalue weighted by atomic mass is 10.1. The van der Waals surface area contributed by atoms with E-state index in [1.54, 1.807) is 7.05 Å². The predicted octanol–water partition coefficient (Wildman–Crippen LogP) is 0.105. The average Bonchev–Trinajstić information content (AvgIpc) is 2.63. The van der Waals surface area contributed by atoms with Gasteiger partial charge in [0.15, 0.2) is 5.03 Å². The molecule has 1 rings (SSSR count). The molecule has 0 amide bonds. The Balaban J connectivity index is 2.82. The Morgan fingerprint density at radius 2 is 2.18 bits per heavy atom. The standard InChI is InChI=1S/C10H19N3O3S/c1-8(2)6-9(7-14)12-17(15,16)10-4-5-11-13(10)3/h4-5,8-9,12,14H,6-7H2,1-3H3. The van der Waals surface area contributed by atoms with E-state index in [-0.39, 0.29) is 11.6 Å². The van der Waals surface area contributed by atoms with E-state index in [4.69, 9.17) is 5.11 Å². The monoisotopic (exact) mass is 261 g/mol. The van der Waals surface area contributed by atoms with Crippen molar-refractivity contribution in [3.63, 3.8) is 0 Å². The van der Waals surface area contributed by atoms with Crippen LogP contribution in [0.3, 0.4) is 0 Å². The molecule has 0 spiro atoms. The van der Waals surface area contributed by atoms with Gasteiger partial charge in [-0.3, -0.25) is 4.68 Å². The molecule has 1 aromatic rings. The summed E-state index contributed by atoms with van der Waals surface area (Å²) in [6.07, 6.45) is 2.01. The fourth-order valence-corrected chi connectivity index (χ4v) is 3.00. The molecule has 0 aromatic carbocycles. The number of aliphatic hydroxyl groups excluding tert-OH is 1. The quantitative estimate of drug-likeness (QED) is 0.761.